The second-order valence-electron chi connectivity index (χ2n) is 2.89. The summed E-state index contributed by atoms with van der Waals surface area (Å²) in [6.07, 6.45) is 8.56. The van der Waals surface area contributed by atoms with Crippen molar-refractivity contribution in [3.05, 3.63) is 23.9 Å². The third-order valence-corrected chi connectivity index (χ3v) is 1.78. The van der Waals surface area contributed by atoms with E-state index in [9.17, 15) is 4.79 Å². The van der Waals surface area contributed by atoms with Crippen molar-refractivity contribution in [2.45, 2.75) is 26.2 Å². The van der Waals surface area contributed by atoms with Gasteiger partial charge >= 0.3 is 0 Å². The van der Waals surface area contributed by atoms with Crippen LogP contribution in [0.15, 0.2) is 23.9 Å². The van der Waals surface area contributed by atoms with Gasteiger partial charge in [0.25, 0.3) is 0 Å². The Balaban J connectivity index is 2.53. The third-order valence-electron chi connectivity index (χ3n) is 1.78. The van der Waals surface area contributed by atoms with Crippen LogP contribution in [0.2, 0.25) is 0 Å². The molecular weight excluding hydrogens is 150 g/mol. The largest absolute Gasteiger partial charge is 0.382 e. The highest BCUT2D eigenvalue weighted by atomic mass is 16.1. The predicted octanol–water partition coefficient (Wildman–Crippen LogP) is 1.79. The standard InChI is InChI=1S/C10H15NO/c1-2-8-11-9-6-4-3-5-7-10(9)12/h5-7,11H,2-4,8H2,1H3. The second-order valence-corrected chi connectivity index (χ2v) is 2.89. The van der Waals surface area contributed by atoms with Crippen LogP contribution in [0.1, 0.15) is 26.2 Å². The second kappa shape index (κ2) is 4.75. The van der Waals surface area contributed by atoms with E-state index in [0.717, 1.165) is 31.5 Å². The van der Waals surface area contributed by atoms with Crippen molar-refractivity contribution >= 4 is 5.78 Å². The minimum Gasteiger partial charge on any atom is -0.382 e. The van der Waals surface area contributed by atoms with Gasteiger partial charge in [-0.2, -0.15) is 0 Å². The zero-order valence-electron chi connectivity index (χ0n) is 7.47. The molecule has 1 aliphatic carbocycles. The van der Waals surface area contributed by atoms with Crippen LogP contribution in [0, 0.1) is 0 Å². The van der Waals surface area contributed by atoms with E-state index in [1.165, 1.54) is 0 Å². The van der Waals surface area contributed by atoms with Crippen molar-refractivity contribution in [1.82, 2.24) is 5.32 Å². The highest BCUT2D eigenvalue weighted by Gasteiger charge is 2.05. The zero-order chi connectivity index (χ0) is 8.81. The van der Waals surface area contributed by atoms with Gasteiger partial charge in [-0.3, -0.25) is 4.79 Å². The lowest BCUT2D eigenvalue weighted by Gasteiger charge is -2.04. The summed E-state index contributed by atoms with van der Waals surface area (Å²) in [5.41, 5.74) is 0.769. The van der Waals surface area contributed by atoms with Gasteiger partial charge < -0.3 is 5.32 Å². The first-order valence-electron chi connectivity index (χ1n) is 4.49. The lowest BCUT2D eigenvalue weighted by molar-refractivity contribution is -0.111. The van der Waals surface area contributed by atoms with Crippen molar-refractivity contribution in [3.8, 4) is 0 Å². The van der Waals surface area contributed by atoms with Gasteiger partial charge in [-0.25, -0.2) is 0 Å². The van der Waals surface area contributed by atoms with Gasteiger partial charge in [-0.15, -0.1) is 0 Å². The van der Waals surface area contributed by atoms with E-state index >= 15 is 0 Å². The minimum absolute atomic E-state index is 0.112. The Morgan fingerprint density at radius 1 is 1.50 bits per heavy atom. The Morgan fingerprint density at radius 3 is 3.08 bits per heavy atom. The Kier molecular flexibility index (Phi) is 3.58. The molecule has 66 valence electrons. The van der Waals surface area contributed by atoms with Gasteiger partial charge in [-0.05, 0) is 25.3 Å². The average Bonchev–Trinajstić information content (AvgIpc) is 2.27. The Hall–Kier alpha value is -1.05. The fourth-order valence-corrected chi connectivity index (χ4v) is 1.12. The molecular formula is C10H15NO. The molecule has 1 aliphatic rings. The van der Waals surface area contributed by atoms with E-state index in [0.29, 0.717) is 0 Å². The Bertz CT molecular complexity index is 216. The summed E-state index contributed by atoms with van der Waals surface area (Å²) in [4.78, 5) is 11.3. The first-order valence-corrected chi connectivity index (χ1v) is 4.49. The number of allylic oxidation sites excluding steroid dienone is 3. The van der Waals surface area contributed by atoms with Gasteiger partial charge in [0.1, 0.15) is 0 Å². The smallest absolute Gasteiger partial charge is 0.200 e. The summed E-state index contributed by atoms with van der Waals surface area (Å²) in [6.45, 7) is 2.97. The summed E-state index contributed by atoms with van der Waals surface area (Å²) < 4.78 is 0. The van der Waals surface area contributed by atoms with Gasteiger partial charge in [0.15, 0.2) is 0 Å². The van der Waals surface area contributed by atoms with E-state index in [1.807, 2.05) is 12.2 Å². The molecule has 0 aromatic carbocycles. The molecule has 0 heterocycles. The van der Waals surface area contributed by atoms with Crippen LogP contribution in [-0.2, 0) is 4.79 Å². The maximum atomic E-state index is 11.3. The monoisotopic (exact) mass is 165 g/mol. The molecule has 0 unspecified atom stereocenters. The molecule has 0 aromatic heterocycles. The molecule has 0 atom stereocenters. The van der Waals surface area contributed by atoms with E-state index in [-0.39, 0.29) is 5.78 Å². The lowest BCUT2D eigenvalue weighted by Crippen LogP contribution is -2.19. The topological polar surface area (TPSA) is 29.1 Å². The highest BCUT2D eigenvalue weighted by molar-refractivity contribution is 6.03. The lowest BCUT2D eigenvalue weighted by atomic mass is 10.2. The minimum atomic E-state index is 0.112. The third kappa shape index (κ3) is 2.53. The highest BCUT2D eigenvalue weighted by Crippen LogP contribution is 2.05. The van der Waals surface area contributed by atoms with Crippen LogP contribution in [0.25, 0.3) is 0 Å². The zero-order valence-corrected chi connectivity index (χ0v) is 7.47. The number of rotatable bonds is 3. The maximum absolute atomic E-state index is 11.3. The first-order chi connectivity index (χ1) is 5.84. The molecule has 2 heteroatoms. The number of hydrogen-bond donors (Lipinski definition) is 1. The normalized spacial score (nSPS) is 17.1. The molecule has 0 radical (unpaired) electrons. The van der Waals surface area contributed by atoms with Crippen LogP contribution >= 0.6 is 0 Å². The molecule has 0 saturated heterocycles. The predicted molar refractivity (Wildman–Crippen MR) is 49.8 cm³/mol. The molecule has 0 bridgehead atoms. The molecule has 0 aromatic rings. The van der Waals surface area contributed by atoms with E-state index in [4.69, 9.17) is 0 Å². The summed E-state index contributed by atoms with van der Waals surface area (Å²) in [5.74, 6) is 0.112. The fraction of sp³-hybridized carbons (Fsp3) is 0.500. The summed E-state index contributed by atoms with van der Waals surface area (Å²) in [7, 11) is 0. The van der Waals surface area contributed by atoms with Crippen molar-refractivity contribution in [2.24, 2.45) is 0 Å². The maximum Gasteiger partial charge on any atom is 0.200 e. The fourth-order valence-electron chi connectivity index (χ4n) is 1.12. The average molecular weight is 165 g/mol. The summed E-state index contributed by atoms with van der Waals surface area (Å²) in [6, 6.07) is 0. The van der Waals surface area contributed by atoms with Crippen molar-refractivity contribution in [3.63, 3.8) is 0 Å². The van der Waals surface area contributed by atoms with Crippen molar-refractivity contribution < 1.29 is 4.79 Å². The van der Waals surface area contributed by atoms with Gasteiger partial charge in [0.2, 0.25) is 5.78 Å². The number of ketones is 1. The van der Waals surface area contributed by atoms with Gasteiger partial charge in [-0.1, -0.05) is 19.1 Å². The molecule has 0 aliphatic heterocycles. The number of nitrogens with one attached hydrogen (secondary N) is 1. The van der Waals surface area contributed by atoms with Crippen molar-refractivity contribution in [2.75, 3.05) is 6.54 Å². The molecule has 0 saturated carbocycles. The van der Waals surface area contributed by atoms with Crippen LogP contribution in [-0.4, -0.2) is 12.3 Å². The molecule has 12 heavy (non-hydrogen) atoms. The quantitative estimate of drug-likeness (QED) is 0.690. The first kappa shape index (κ1) is 9.04. The molecule has 1 rings (SSSR count). The number of carbonyl (C=O) groups is 1. The van der Waals surface area contributed by atoms with Crippen LogP contribution in [0.5, 0.6) is 0 Å². The van der Waals surface area contributed by atoms with Gasteiger partial charge in [0.05, 0.1) is 5.70 Å². The Labute approximate surface area is 73.4 Å². The van der Waals surface area contributed by atoms with E-state index < -0.39 is 0 Å². The van der Waals surface area contributed by atoms with Gasteiger partial charge in [0, 0.05) is 6.54 Å². The molecule has 2 nitrogen and oxygen atoms in total. The molecule has 0 spiro atoms. The molecule has 0 amide bonds. The molecule has 1 N–H and O–H groups in total. The van der Waals surface area contributed by atoms with E-state index in [2.05, 4.69) is 12.2 Å². The SMILES string of the molecule is CCCNC1=CCCC=CC1=O. The van der Waals surface area contributed by atoms with Crippen LogP contribution in [0.4, 0.5) is 0 Å². The molecule has 0 fully saturated rings. The number of carbonyl (C=O) groups excluding carboxylic acids is 1. The summed E-state index contributed by atoms with van der Waals surface area (Å²) >= 11 is 0. The van der Waals surface area contributed by atoms with Crippen LogP contribution < -0.4 is 5.32 Å². The van der Waals surface area contributed by atoms with E-state index in [1.54, 1.807) is 6.08 Å². The Morgan fingerprint density at radius 2 is 2.33 bits per heavy atom. The van der Waals surface area contributed by atoms with Crippen molar-refractivity contribution in [1.29, 1.82) is 0 Å². The number of hydrogen-bond acceptors (Lipinski definition) is 2. The van der Waals surface area contributed by atoms with Crippen LogP contribution in [0.3, 0.4) is 0 Å². The summed E-state index contributed by atoms with van der Waals surface area (Å²) in [5, 5.41) is 3.12.